The van der Waals surface area contributed by atoms with E-state index in [1.165, 1.54) is 34.5 Å². The minimum absolute atomic E-state index is 0.0572. The van der Waals surface area contributed by atoms with E-state index in [1.807, 2.05) is 0 Å². The van der Waals surface area contributed by atoms with E-state index >= 15 is 0 Å². The van der Waals surface area contributed by atoms with Gasteiger partial charge in [-0.15, -0.1) is 11.8 Å². The Morgan fingerprint density at radius 3 is 2.63 bits per heavy atom. The molecule has 0 unspecified atom stereocenters. The number of nitrogens with zero attached hydrogens (tertiary/aromatic N) is 2. The molecule has 1 aromatic heterocycles. The molecule has 10 heteroatoms. The Bertz CT molecular complexity index is 852. The molecule has 0 amide bonds. The summed E-state index contributed by atoms with van der Waals surface area (Å²) in [5, 5.41) is 26.1. The number of phenols is 1. The van der Waals surface area contributed by atoms with Crippen molar-refractivity contribution in [2.45, 2.75) is 11.7 Å². The standard InChI is InChI=1S/C9H8O3.C8H11N3O3S/c10-8-4-1-7(2-5-8)3-6-9(11)12;9-5-1-2-11(8(13)10-5)6-4-15-7(3-12)14-6/h1-6,10H,(H,11,12);1-2,6-7,12H,3-4H2,(H2,9,10,13)/b6-3+;/t;6-,7+/m.0/s1. The van der Waals surface area contributed by atoms with Crippen molar-refractivity contribution >= 4 is 29.6 Å². The molecule has 1 aliphatic rings. The number of aliphatic hydroxyl groups excluding tert-OH is 1. The van der Waals surface area contributed by atoms with Crippen LogP contribution in [0.4, 0.5) is 5.82 Å². The van der Waals surface area contributed by atoms with Crippen LogP contribution in [0.3, 0.4) is 0 Å². The van der Waals surface area contributed by atoms with Gasteiger partial charge in [0.1, 0.15) is 23.2 Å². The van der Waals surface area contributed by atoms with Gasteiger partial charge in [0.2, 0.25) is 0 Å². The number of carboxylic acids is 1. The highest BCUT2D eigenvalue weighted by molar-refractivity contribution is 8.00. The van der Waals surface area contributed by atoms with E-state index in [9.17, 15) is 9.59 Å². The monoisotopic (exact) mass is 393 g/mol. The van der Waals surface area contributed by atoms with Gasteiger partial charge in [-0.3, -0.25) is 4.57 Å². The van der Waals surface area contributed by atoms with Crippen LogP contribution >= 0.6 is 11.8 Å². The highest BCUT2D eigenvalue weighted by Gasteiger charge is 2.27. The topological polar surface area (TPSA) is 148 Å². The largest absolute Gasteiger partial charge is 0.508 e. The van der Waals surface area contributed by atoms with Crippen LogP contribution in [0.15, 0.2) is 47.4 Å². The quantitative estimate of drug-likeness (QED) is 0.556. The average molecular weight is 393 g/mol. The first kappa shape index (κ1) is 20.5. The summed E-state index contributed by atoms with van der Waals surface area (Å²) in [5.41, 5.74) is 5.42. The van der Waals surface area contributed by atoms with Crippen molar-refractivity contribution < 1.29 is 24.9 Å². The van der Waals surface area contributed by atoms with Crippen molar-refractivity contribution in [3.8, 4) is 5.75 Å². The highest BCUT2D eigenvalue weighted by atomic mass is 32.2. The van der Waals surface area contributed by atoms with Gasteiger partial charge in [0.25, 0.3) is 0 Å². The van der Waals surface area contributed by atoms with Crippen LogP contribution in [0.2, 0.25) is 0 Å². The van der Waals surface area contributed by atoms with Gasteiger partial charge in [0.15, 0.2) is 0 Å². The number of ether oxygens (including phenoxy) is 1. The average Bonchev–Trinajstić information content (AvgIpc) is 3.10. The molecule has 9 nitrogen and oxygen atoms in total. The number of phenolic OH excluding ortho intramolecular Hbond substituents is 1. The Balaban J connectivity index is 0.000000199. The molecule has 3 rings (SSSR count). The molecule has 2 atom stereocenters. The van der Waals surface area contributed by atoms with E-state index in [0.717, 1.165) is 11.6 Å². The molecule has 0 spiro atoms. The first-order chi connectivity index (χ1) is 12.9. The number of nitrogens with two attached hydrogens (primary N) is 1. The van der Waals surface area contributed by atoms with Gasteiger partial charge in [-0.1, -0.05) is 12.1 Å². The second-order valence-electron chi connectivity index (χ2n) is 5.34. The zero-order chi connectivity index (χ0) is 19.8. The van der Waals surface area contributed by atoms with E-state index in [1.54, 1.807) is 24.4 Å². The molecular formula is C17H19N3O6S. The summed E-state index contributed by atoms with van der Waals surface area (Å²) in [6, 6.07) is 7.81. The Morgan fingerprint density at radius 2 is 2.07 bits per heavy atom. The van der Waals surface area contributed by atoms with Crippen LogP contribution in [0.1, 0.15) is 11.8 Å². The number of benzene rings is 1. The number of carboxylic acid groups (broad SMARTS) is 1. The van der Waals surface area contributed by atoms with E-state index < -0.39 is 11.7 Å². The fourth-order valence-electron chi connectivity index (χ4n) is 2.08. The molecule has 27 heavy (non-hydrogen) atoms. The maximum atomic E-state index is 11.4. The number of aliphatic hydroxyl groups is 1. The number of aromatic nitrogens is 2. The predicted octanol–water partition coefficient (Wildman–Crippen LogP) is 0.896. The summed E-state index contributed by atoms with van der Waals surface area (Å²) in [6.07, 6.45) is 3.69. The highest BCUT2D eigenvalue weighted by Crippen LogP contribution is 2.30. The molecule has 0 radical (unpaired) electrons. The van der Waals surface area contributed by atoms with E-state index in [-0.39, 0.29) is 29.8 Å². The van der Waals surface area contributed by atoms with Crippen LogP contribution in [-0.4, -0.2) is 48.6 Å². The summed E-state index contributed by atoms with van der Waals surface area (Å²) in [4.78, 5) is 25.1. The van der Waals surface area contributed by atoms with Gasteiger partial charge >= 0.3 is 11.7 Å². The third-order valence-corrected chi connectivity index (χ3v) is 4.47. The zero-order valence-corrected chi connectivity index (χ0v) is 15.0. The molecule has 144 valence electrons. The smallest absolute Gasteiger partial charge is 0.351 e. The maximum Gasteiger partial charge on any atom is 0.351 e. The van der Waals surface area contributed by atoms with Crippen LogP contribution in [0.5, 0.6) is 5.75 Å². The lowest BCUT2D eigenvalue weighted by molar-refractivity contribution is -0.131. The molecule has 0 bridgehead atoms. The van der Waals surface area contributed by atoms with Crippen LogP contribution in [-0.2, 0) is 9.53 Å². The lowest BCUT2D eigenvalue weighted by Gasteiger charge is -2.13. The minimum Gasteiger partial charge on any atom is -0.508 e. The first-order valence-corrected chi connectivity index (χ1v) is 8.86. The molecule has 1 aromatic carbocycles. The van der Waals surface area contributed by atoms with E-state index in [0.29, 0.717) is 5.75 Å². The third kappa shape index (κ3) is 6.44. The summed E-state index contributed by atoms with van der Waals surface area (Å²) in [6.45, 7) is -0.0572. The van der Waals surface area contributed by atoms with Gasteiger partial charge < -0.3 is 25.8 Å². The van der Waals surface area contributed by atoms with Crippen molar-refractivity contribution in [2.24, 2.45) is 0 Å². The summed E-state index contributed by atoms with van der Waals surface area (Å²) < 4.78 is 6.79. The molecule has 1 saturated heterocycles. The summed E-state index contributed by atoms with van der Waals surface area (Å²) >= 11 is 1.47. The van der Waals surface area contributed by atoms with Crippen molar-refractivity contribution in [3.05, 3.63) is 58.7 Å². The number of nitrogen functional groups attached to an aromatic ring is 1. The Kier molecular flexibility index (Phi) is 7.41. The van der Waals surface area contributed by atoms with Gasteiger partial charge in [0, 0.05) is 18.0 Å². The van der Waals surface area contributed by atoms with E-state index in [2.05, 4.69) is 4.98 Å². The van der Waals surface area contributed by atoms with Gasteiger partial charge in [0.05, 0.1) is 6.61 Å². The fourth-order valence-corrected chi connectivity index (χ4v) is 3.01. The second-order valence-corrected chi connectivity index (χ2v) is 6.53. The SMILES string of the molecule is Nc1ccn([C@@H]2CS[C@H](CO)O2)c(=O)n1.O=C(O)/C=C/c1ccc(O)cc1. The minimum atomic E-state index is -0.983. The van der Waals surface area contributed by atoms with Crippen LogP contribution in [0.25, 0.3) is 6.08 Å². The Morgan fingerprint density at radius 1 is 1.37 bits per heavy atom. The normalized spacial score (nSPS) is 18.9. The molecule has 1 aliphatic heterocycles. The number of thioether (sulfide) groups is 1. The number of hydrogen-bond donors (Lipinski definition) is 4. The first-order valence-electron chi connectivity index (χ1n) is 7.81. The Hall–Kier alpha value is -2.82. The van der Waals surface area contributed by atoms with Crippen LogP contribution < -0.4 is 11.4 Å². The predicted molar refractivity (Wildman–Crippen MR) is 101 cm³/mol. The number of hydrogen-bond acceptors (Lipinski definition) is 8. The van der Waals surface area contributed by atoms with Crippen molar-refractivity contribution in [1.29, 1.82) is 0 Å². The lowest BCUT2D eigenvalue weighted by atomic mass is 10.2. The number of carbonyl (C=O) groups is 1. The molecular weight excluding hydrogens is 374 g/mol. The molecule has 2 aromatic rings. The summed E-state index contributed by atoms with van der Waals surface area (Å²) in [7, 11) is 0. The van der Waals surface area contributed by atoms with Crippen molar-refractivity contribution in [3.63, 3.8) is 0 Å². The second kappa shape index (κ2) is 9.76. The van der Waals surface area contributed by atoms with E-state index in [4.69, 9.17) is 25.8 Å². The molecule has 0 aliphatic carbocycles. The number of aliphatic carboxylic acids is 1. The fraction of sp³-hybridized carbons (Fsp3) is 0.235. The lowest BCUT2D eigenvalue weighted by Crippen LogP contribution is -2.28. The van der Waals surface area contributed by atoms with Gasteiger partial charge in [-0.2, -0.15) is 4.98 Å². The summed E-state index contributed by atoms with van der Waals surface area (Å²) in [5.74, 6) is 0.00246. The molecule has 5 N–H and O–H groups in total. The maximum absolute atomic E-state index is 11.4. The Labute approximate surface area is 158 Å². The zero-order valence-electron chi connectivity index (χ0n) is 14.1. The molecule has 2 heterocycles. The number of rotatable bonds is 4. The number of anilines is 1. The molecule has 0 saturated carbocycles. The van der Waals surface area contributed by atoms with Gasteiger partial charge in [-0.25, -0.2) is 9.59 Å². The van der Waals surface area contributed by atoms with Gasteiger partial charge in [-0.05, 0) is 29.8 Å². The van der Waals surface area contributed by atoms with Crippen molar-refractivity contribution in [2.75, 3.05) is 18.1 Å². The third-order valence-electron chi connectivity index (χ3n) is 3.36. The number of aromatic hydroxyl groups is 1. The molecule has 1 fully saturated rings. The van der Waals surface area contributed by atoms with Crippen LogP contribution in [0, 0.1) is 0 Å². The van der Waals surface area contributed by atoms with Crippen molar-refractivity contribution in [1.82, 2.24) is 9.55 Å².